The van der Waals surface area contributed by atoms with Crippen LogP contribution in [-0.2, 0) is 15.9 Å². The van der Waals surface area contributed by atoms with E-state index in [1.54, 1.807) is 14.2 Å². The Morgan fingerprint density at radius 2 is 2.05 bits per heavy atom. The van der Waals surface area contributed by atoms with Crippen LogP contribution in [0.3, 0.4) is 0 Å². The molecule has 0 aromatic carbocycles. The third-order valence-corrected chi connectivity index (χ3v) is 3.89. The fraction of sp³-hybridized carbons (Fsp3) is 0.857. The minimum atomic E-state index is -0.121. The molecule has 6 heteroatoms. The van der Waals surface area contributed by atoms with Gasteiger partial charge in [-0.15, -0.1) is 0 Å². The van der Waals surface area contributed by atoms with Crippen molar-refractivity contribution in [2.24, 2.45) is 11.7 Å². The lowest BCUT2D eigenvalue weighted by Gasteiger charge is -2.26. The lowest BCUT2D eigenvalue weighted by molar-refractivity contribution is 0.0273. The van der Waals surface area contributed by atoms with E-state index < -0.39 is 0 Å². The molecule has 114 valence electrons. The average molecular weight is 283 g/mol. The van der Waals surface area contributed by atoms with Gasteiger partial charge in [-0.1, -0.05) is 24.4 Å². The molecule has 2 atom stereocenters. The number of aromatic nitrogens is 2. The maximum absolute atomic E-state index is 5.89. The van der Waals surface area contributed by atoms with Crippen molar-refractivity contribution < 1.29 is 14.0 Å². The van der Waals surface area contributed by atoms with Gasteiger partial charge in [0.2, 0.25) is 11.7 Å². The predicted octanol–water partition coefficient (Wildman–Crippen LogP) is 1.85. The first-order valence-electron chi connectivity index (χ1n) is 7.34. The zero-order chi connectivity index (χ0) is 14.4. The minimum Gasteiger partial charge on any atom is -0.383 e. The van der Waals surface area contributed by atoms with Gasteiger partial charge in [0, 0.05) is 26.7 Å². The van der Waals surface area contributed by atoms with Crippen molar-refractivity contribution in [3.63, 3.8) is 0 Å². The van der Waals surface area contributed by atoms with Crippen LogP contribution in [0, 0.1) is 5.92 Å². The second kappa shape index (κ2) is 7.71. The molecule has 0 radical (unpaired) electrons. The van der Waals surface area contributed by atoms with Crippen molar-refractivity contribution in [3.8, 4) is 0 Å². The van der Waals surface area contributed by atoms with Crippen LogP contribution in [0.15, 0.2) is 4.52 Å². The lowest BCUT2D eigenvalue weighted by Crippen LogP contribution is -2.28. The maximum Gasteiger partial charge on any atom is 0.228 e. The van der Waals surface area contributed by atoms with Gasteiger partial charge in [-0.2, -0.15) is 4.98 Å². The average Bonchev–Trinajstić information content (AvgIpc) is 2.89. The molecule has 2 unspecified atom stereocenters. The topological polar surface area (TPSA) is 83.4 Å². The standard InChI is InChI=1S/C14H25N3O3/c1-18-9-11(15)8-12-16-14(17-20-12)13(19-2)10-6-4-3-5-7-10/h10-11,13H,3-9,15H2,1-2H3. The molecule has 6 nitrogen and oxygen atoms in total. The SMILES string of the molecule is COCC(N)Cc1nc(C(OC)C2CCCCC2)no1. The Hall–Kier alpha value is -0.980. The Morgan fingerprint density at radius 3 is 2.70 bits per heavy atom. The molecule has 2 rings (SSSR count). The summed E-state index contributed by atoms with van der Waals surface area (Å²) in [7, 11) is 3.34. The van der Waals surface area contributed by atoms with Gasteiger partial charge >= 0.3 is 0 Å². The molecule has 0 aliphatic heterocycles. The third kappa shape index (κ3) is 4.01. The molecular weight excluding hydrogens is 258 g/mol. The first-order chi connectivity index (χ1) is 9.74. The molecule has 0 saturated heterocycles. The van der Waals surface area contributed by atoms with Gasteiger partial charge in [-0.05, 0) is 18.8 Å². The summed E-state index contributed by atoms with van der Waals surface area (Å²) in [5.74, 6) is 1.70. The number of ether oxygens (including phenoxy) is 2. The van der Waals surface area contributed by atoms with Gasteiger partial charge in [0.15, 0.2) is 0 Å². The summed E-state index contributed by atoms with van der Waals surface area (Å²) < 4.78 is 15.9. The van der Waals surface area contributed by atoms with Crippen LogP contribution in [0.1, 0.15) is 49.9 Å². The molecule has 20 heavy (non-hydrogen) atoms. The van der Waals surface area contributed by atoms with Gasteiger partial charge in [-0.25, -0.2) is 0 Å². The molecule has 0 bridgehead atoms. The summed E-state index contributed by atoms with van der Waals surface area (Å²) in [5, 5.41) is 4.07. The van der Waals surface area contributed by atoms with Crippen LogP contribution in [0.25, 0.3) is 0 Å². The molecule has 1 fully saturated rings. The first kappa shape index (κ1) is 15.4. The van der Waals surface area contributed by atoms with Crippen molar-refractivity contribution in [2.75, 3.05) is 20.8 Å². The molecule has 1 aromatic heterocycles. The number of hydrogen-bond donors (Lipinski definition) is 1. The van der Waals surface area contributed by atoms with Gasteiger partial charge in [-0.3, -0.25) is 0 Å². The second-order valence-electron chi connectivity index (χ2n) is 5.52. The summed E-state index contributed by atoms with van der Waals surface area (Å²) >= 11 is 0. The fourth-order valence-corrected chi connectivity index (χ4v) is 2.91. The number of nitrogens with zero attached hydrogens (tertiary/aromatic N) is 2. The highest BCUT2D eigenvalue weighted by atomic mass is 16.5. The van der Waals surface area contributed by atoms with Crippen LogP contribution in [0.2, 0.25) is 0 Å². The molecule has 0 spiro atoms. The molecule has 1 saturated carbocycles. The highest BCUT2D eigenvalue weighted by Crippen LogP contribution is 2.35. The molecule has 0 amide bonds. The Bertz CT molecular complexity index is 391. The van der Waals surface area contributed by atoms with E-state index in [1.807, 2.05) is 0 Å². The molecular formula is C14H25N3O3. The molecule has 1 heterocycles. The summed E-state index contributed by atoms with van der Waals surface area (Å²) in [5.41, 5.74) is 5.89. The molecule has 2 N–H and O–H groups in total. The predicted molar refractivity (Wildman–Crippen MR) is 74.2 cm³/mol. The zero-order valence-electron chi connectivity index (χ0n) is 12.4. The van der Waals surface area contributed by atoms with E-state index in [1.165, 1.54) is 32.1 Å². The summed E-state index contributed by atoms with van der Waals surface area (Å²) in [6, 6.07) is -0.121. The normalized spacial score (nSPS) is 19.9. The van der Waals surface area contributed by atoms with Crippen LogP contribution >= 0.6 is 0 Å². The number of nitrogens with two attached hydrogens (primary N) is 1. The number of rotatable bonds is 7. The highest BCUT2D eigenvalue weighted by molar-refractivity contribution is 4.96. The first-order valence-corrected chi connectivity index (χ1v) is 7.34. The van der Waals surface area contributed by atoms with Crippen molar-refractivity contribution >= 4 is 0 Å². The minimum absolute atomic E-state index is 0.0635. The summed E-state index contributed by atoms with van der Waals surface area (Å²) in [4.78, 5) is 4.44. The van der Waals surface area contributed by atoms with Gasteiger partial charge in [0.05, 0.1) is 6.61 Å². The third-order valence-electron chi connectivity index (χ3n) is 3.89. The monoisotopic (exact) mass is 283 g/mol. The fourth-order valence-electron chi connectivity index (χ4n) is 2.91. The number of hydrogen-bond acceptors (Lipinski definition) is 6. The van der Waals surface area contributed by atoms with E-state index in [0.29, 0.717) is 30.7 Å². The zero-order valence-corrected chi connectivity index (χ0v) is 12.4. The van der Waals surface area contributed by atoms with E-state index in [9.17, 15) is 0 Å². The Morgan fingerprint density at radius 1 is 1.30 bits per heavy atom. The number of methoxy groups -OCH3 is 2. The van der Waals surface area contributed by atoms with Crippen molar-refractivity contribution in [1.82, 2.24) is 10.1 Å². The molecule has 1 aliphatic carbocycles. The second-order valence-corrected chi connectivity index (χ2v) is 5.52. The van der Waals surface area contributed by atoms with Gasteiger partial charge in [0.25, 0.3) is 0 Å². The Labute approximate surface area is 120 Å². The van der Waals surface area contributed by atoms with E-state index in [2.05, 4.69) is 10.1 Å². The van der Waals surface area contributed by atoms with Crippen LogP contribution < -0.4 is 5.73 Å². The van der Waals surface area contributed by atoms with Crippen molar-refractivity contribution in [3.05, 3.63) is 11.7 Å². The van der Waals surface area contributed by atoms with E-state index in [4.69, 9.17) is 19.7 Å². The van der Waals surface area contributed by atoms with Crippen molar-refractivity contribution in [2.45, 2.75) is 50.7 Å². The summed E-state index contributed by atoms with van der Waals surface area (Å²) in [6.45, 7) is 0.480. The van der Waals surface area contributed by atoms with Crippen LogP contribution in [0.5, 0.6) is 0 Å². The van der Waals surface area contributed by atoms with E-state index in [-0.39, 0.29) is 12.1 Å². The Balaban J connectivity index is 1.98. The smallest absolute Gasteiger partial charge is 0.228 e. The van der Waals surface area contributed by atoms with Crippen LogP contribution in [-0.4, -0.2) is 37.0 Å². The molecule has 1 aromatic rings. The van der Waals surface area contributed by atoms with Crippen molar-refractivity contribution in [1.29, 1.82) is 0 Å². The highest BCUT2D eigenvalue weighted by Gasteiger charge is 2.29. The largest absolute Gasteiger partial charge is 0.383 e. The van der Waals surface area contributed by atoms with Gasteiger partial charge in [0.1, 0.15) is 6.10 Å². The lowest BCUT2D eigenvalue weighted by atomic mass is 9.85. The van der Waals surface area contributed by atoms with E-state index in [0.717, 1.165) is 0 Å². The van der Waals surface area contributed by atoms with Gasteiger partial charge < -0.3 is 19.7 Å². The quantitative estimate of drug-likeness (QED) is 0.822. The molecule has 1 aliphatic rings. The summed E-state index contributed by atoms with van der Waals surface area (Å²) in [6.07, 6.45) is 6.64. The maximum atomic E-state index is 5.89. The van der Waals surface area contributed by atoms with E-state index >= 15 is 0 Å². The van der Waals surface area contributed by atoms with Crippen LogP contribution in [0.4, 0.5) is 0 Å². The Kier molecular flexibility index (Phi) is 5.94.